The number of pyridine rings is 1. The van der Waals surface area contributed by atoms with Gasteiger partial charge in [-0.3, -0.25) is 18.9 Å². The van der Waals surface area contributed by atoms with Crippen molar-refractivity contribution in [2.45, 2.75) is 45.2 Å². The van der Waals surface area contributed by atoms with E-state index < -0.39 is 0 Å². The summed E-state index contributed by atoms with van der Waals surface area (Å²) in [4.78, 5) is 30.8. The van der Waals surface area contributed by atoms with Gasteiger partial charge in [0.05, 0.1) is 33.0 Å². The fourth-order valence-corrected chi connectivity index (χ4v) is 5.62. The first-order chi connectivity index (χ1) is 19.0. The molecule has 5 aromatic rings. The maximum absolute atomic E-state index is 13.8. The number of halogens is 1. The molecule has 1 aliphatic carbocycles. The third kappa shape index (κ3) is 4.97. The number of para-hydroxylation sites is 2. The van der Waals surface area contributed by atoms with Gasteiger partial charge in [0.25, 0.3) is 5.91 Å². The number of hydrogen-bond donors (Lipinski definition) is 1. The first-order valence-electron chi connectivity index (χ1n) is 13.0. The highest BCUT2D eigenvalue weighted by Gasteiger charge is 2.26. The van der Waals surface area contributed by atoms with Crippen LogP contribution in [0.25, 0.3) is 28.2 Å². The second-order valence-corrected chi connectivity index (χ2v) is 10.4. The van der Waals surface area contributed by atoms with Crippen LogP contribution >= 0.6 is 11.6 Å². The van der Waals surface area contributed by atoms with Crippen molar-refractivity contribution in [2.75, 3.05) is 0 Å². The molecule has 6 rings (SSSR count). The van der Waals surface area contributed by atoms with Gasteiger partial charge in [0, 0.05) is 24.3 Å². The topological polar surface area (TPSA) is 108 Å². The van der Waals surface area contributed by atoms with E-state index in [1.54, 1.807) is 23.8 Å². The molecule has 3 heterocycles. The molecule has 10 heteroatoms. The number of amides is 1. The second-order valence-electron chi connectivity index (χ2n) is 9.99. The molecule has 9 nitrogen and oxygen atoms in total. The molecule has 0 bridgehead atoms. The lowest BCUT2D eigenvalue weighted by Crippen LogP contribution is -2.39. The molecule has 2 aromatic carbocycles. The smallest absolute Gasteiger partial charge is 0.333 e. The predicted molar refractivity (Wildman–Crippen MR) is 148 cm³/mol. The van der Waals surface area contributed by atoms with Crippen LogP contribution in [0.5, 0.6) is 0 Å². The summed E-state index contributed by atoms with van der Waals surface area (Å²) in [7, 11) is 0. The third-order valence-electron chi connectivity index (χ3n) is 7.47. The van der Waals surface area contributed by atoms with Crippen LogP contribution in [0.4, 0.5) is 0 Å². The van der Waals surface area contributed by atoms with Gasteiger partial charge >= 0.3 is 5.69 Å². The van der Waals surface area contributed by atoms with Crippen molar-refractivity contribution < 1.29 is 9.21 Å². The van der Waals surface area contributed by atoms with E-state index in [9.17, 15) is 9.59 Å². The number of fused-ring (bicyclic) bond motifs is 1. The van der Waals surface area contributed by atoms with E-state index in [1.807, 2.05) is 53.1 Å². The minimum absolute atomic E-state index is 0.0811. The quantitative estimate of drug-likeness (QED) is 0.316. The Hall–Kier alpha value is -4.24. The van der Waals surface area contributed by atoms with Crippen molar-refractivity contribution in [1.82, 2.24) is 29.6 Å². The molecular formula is C29H27ClN6O3. The minimum atomic E-state index is -0.145. The number of carbonyl (C=O) groups excluding carboxylic acids is 1. The van der Waals surface area contributed by atoms with Crippen molar-refractivity contribution in [3.8, 4) is 17.1 Å². The number of aromatic nitrogens is 5. The van der Waals surface area contributed by atoms with Crippen LogP contribution in [-0.4, -0.2) is 36.3 Å². The van der Waals surface area contributed by atoms with E-state index >= 15 is 0 Å². The summed E-state index contributed by atoms with van der Waals surface area (Å²) in [5.74, 6) is 0.585. The number of nitrogens with zero attached hydrogens (tertiary/aromatic N) is 5. The van der Waals surface area contributed by atoms with Crippen LogP contribution in [-0.2, 0) is 6.54 Å². The number of carbonyl (C=O) groups is 1. The highest BCUT2D eigenvalue weighted by molar-refractivity contribution is 6.30. The molecule has 3 aromatic heterocycles. The van der Waals surface area contributed by atoms with E-state index in [1.165, 1.54) is 6.39 Å². The molecule has 0 unspecified atom stereocenters. The van der Waals surface area contributed by atoms with Crippen molar-refractivity contribution in [1.29, 1.82) is 0 Å². The van der Waals surface area contributed by atoms with Gasteiger partial charge in [-0.05, 0) is 74.9 Å². The molecule has 1 N–H and O–H groups in total. The molecule has 1 saturated carbocycles. The summed E-state index contributed by atoms with van der Waals surface area (Å²) in [6.45, 7) is 2.42. The molecule has 0 saturated heterocycles. The van der Waals surface area contributed by atoms with Crippen LogP contribution in [0.3, 0.4) is 0 Å². The standard InChI is InChI=1S/C29H27ClN6O3/c1-18-24(14-21(30)15-31-18)27(37)33-22-11-9-19(10-12-22)16-35-25-7-2-3-8-26(25)36(29(35)38)23-6-4-5-20(13-23)28-34-32-17-39-28/h2-8,13-15,17,19,22H,9-12,16H2,1H3,(H,33,37). The number of aryl methyl sites for hydroxylation is 1. The molecule has 39 heavy (non-hydrogen) atoms. The lowest BCUT2D eigenvalue weighted by molar-refractivity contribution is 0.0919. The zero-order valence-corrected chi connectivity index (χ0v) is 22.1. The van der Waals surface area contributed by atoms with E-state index in [-0.39, 0.29) is 17.6 Å². The first-order valence-corrected chi connectivity index (χ1v) is 13.4. The Morgan fingerprint density at radius 2 is 1.87 bits per heavy atom. The minimum Gasteiger partial charge on any atom is -0.423 e. The SMILES string of the molecule is Cc1ncc(Cl)cc1C(=O)NC1CCC(Cn2c(=O)n(-c3cccc(-c4nnco4)c3)c3ccccc32)CC1. The molecule has 198 valence electrons. The largest absolute Gasteiger partial charge is 0.423 e. The Morgan fingerprint density at radius 1 is 1.08 bits per heavy atom. The molecule has 1 aliphatic rings. The van der Waals surface area contributed by atoms with Crippen LogP contribution < -0.4 is 11.0 Å². The monoisotopic (exact) mass is 542 g/mol. The maximum Gasteiger partial charge on any atom is 0.333 e. The van der Waals surface area contributed by atoms with E-state index in [0.29, 0.717) is 34.6 Å². The van der Waals surface area contributed by atoms with E-state index in [2.05, 4.69) is 20.5 Å². The highest BCUT2D eigenvalue weighted by Crippen LogP contribution is 2.28. The maximum atomic E-state index is 13.8. The number of rotatable bonds is 6. The Bertz CT molecular complexity index is 1700. The zero-order valence-electron chi connectivity index (χ0n) is 21.4. The molecular weight excluding hydrogens is 516 g/mol. The van der Waals surface area contributed by atoms with Gasteiger partial charge in [-0.1, -0.05) is 29.8 Å². The summed E-state index contributed by atoms with van der Waals surface area (Å²) in [6.07, 6.45) is 6.36. The van der Waals surface area contributed by atoms with Crippen molar-refractivity contribution in [3.05, 3.63) is 94.0 Å². The number of benzene rings is 2. The van der Waals surface area contributed by atoms with Crippen LogP contribution in [0, 0.1) is 12.8 Å². The van der Waals surface area contributed by atoms with Crippen molar-refractivity contribution >= 4 is 28.5 Å². The van der Waals surface area contributed by atoms with Crippen LogP contribution in [0.15, 0.2) is 76.4 Å². The highest BCUT2D eigenvalue weighted by atomic mass is 35.5. The number of hydrogen-bond acceptors (Lipinski definition) is 6. The van der Waals surface area contributed by atoms with Crippen LogP contribution in [0.2, 0.25) is 5.02 Å². The van der Waals surface area contributed by atoms with Gasteiger partial charge < -0.3 is 9.73 Å². The van der Waals surface area contributed by atoms with Crippen LogP contribution in [0.1, 0.15) is 41.7 Å². The second kappa shape index (κ2) is 10.5. The van der Waals surface area contributed by atoms with E-state index in [0.717, 1.165) is 48.0 Å². The Kier molecular flexibility index (Phi) is 6.74. The fourth-order valence-electron chi connectivity index (χ4n) is 5.46. The van der Waals surface area contributed by atoms with Gasteiger partial charge in [0.2, 0.25) is 12.3 Å². The summed E-state index contributed by atoms with van der Waals surface area (Å²) < 4.78 is 8.97. The predicted octanol–water partition coefficient (Wildman–Crippen LogP) is 5.19. The van der Waals surface area contributed by atoms with Gasteiger partial charge in [-0.25, -0.2) is 4.79 Å². The van der Waals surface area contributed by atoms with Crippen molar-refractivity contribution in [2.24, 2.45) is 5.92 Å². The molecule has 0 spiro atoms. The average Bonchev–Trinajstić information content (AvgIpc) is 3.58. The molecule has 1 amide bonds. The van der Waals surface area contributed by atoms with E-state index in [4.69, 9.17) is 16.0 Å². The third-order valence-corrected chi connectivity index (χ3v) is 7.67. The fraction of sp³-hybridized carbons (Fsp3) is 0.276. The van der Waals surface area contributed by atoms with Gasteiger partial charge in [-0.2, -0.15) is 0 Å². The van der Waals surface area contributed by atoms with Crippen molar-refractivity contribution in [3.63, 3.8) is 0 Å². The van der Waals surface area contributed by atoms with Gasteiger partial charge in [-0.15, -0.1) is 10.2 Å². The summed E-state index contributed by atoms with van der Waals surface area (Å²) in [6, 6.07) is 17.1. The summed E-state index contributed by atoms with van der Waals surface area (Å²) in [5.41, 5.74) is 4.30. The number of nitrogens with one attached hydrogen (secondary N) is 1. The Labute approximate surface area is 229 Å². The normalized spacial score (nSPS) is 17.4. The lowest BCUT2D eigenvalue weighted by Gasteiger charge is -2.29. The Balaban J connectivity index is 1.20. The van der Waals surface area contributed by atoms with Gasteiger partial charge in [0.15, 0.2) is 0 Å². The summed E-state index contributed by atoms with van der Waals surface area (Å²) in [5, 5.41) is 11.3. The molecule has 0 aliphatic heterocycles. The number of imidazole rings is 1. The molecule has 1 fully saturated rings. The first kappa shape index (κ1) is 25.1. The zero-order chi connectivity index (χ0) is 26.9. The molecule has 0 atom stereocenters. The molecule has 0 radical (unpaired) electrons. The van der Waals surface area contributed by atoms with Gasteiger partial charge in [0.1, 0.15) is 0 Å². The Morgan fingerprint density at radius 3 is 2.64 bits per heavy atom. The lowest BCUT2D eigenvalue weighted by atomic mass is 9.85. The average molecular weight is 543 g/mol. The summed E-state index contributed by atoms with van der Waals surface area (Å²) >= 11 is 6.04.